The SMILES string of the molecule is COc1ccc([C@H]2NC(=O)CO[C@@H]2c2nc(C)nn2C2CCN(C)CC2)cc1OC.O=CO. The third-order valence-corrected chi connectivity index (χ3v) is 5.83. The van der Waals surface area contributed by atoms with Crippen LogP contribution in [0.25, 0.3) is 0 Å². The Labute approximate surface area is 192 Å². The molecular weight excluding hydrogens is 430 g/mol. The summed E-state index contributed by atoms with van der Waals surface area (Å²) >= 11 is 0. The first-order valence-corrected chi connectivity index (χ1v) is 10.7. The first-order valence-electron chi connectivity index (χ1n) is 10.7. The number of carboxylic acid groups (broad SMARTS) is 1. The molecule has 0 radical (unpaired) electrons. The third kappa shape index (κ3) is 5.60. The molecule has 33 heavy (non-hydrogen) atoms. The van der Waals surface area contributed by atoms with Gasteiger partial charge in [-0.3, -0.25) is 9.59 Å². The molecule has 11 nitrogen and oxygen atoms in total. The van der Waals surface area contributed by atoms with Crippen molar-refractivity contribution in [3.05, 3.63) is 35.4 Å². The van der Waals surface area contributed by atoms with Crippen molar-refractivity contribution in [2.24, 2.45) is 0 Å². The van der Waals surface area contributed by atoms with Crippen molar-refractivity contribution in [2.45, 2.75) is 38.0 Å². The average Bonchev–Trinajstić information content (AvgIpc) is 3.20. The van der Waals surface area contributed by atoms with Crippen LogP contribution in [-0.2, 0) is 14.3 Å². The Morgan fingerprint density at radius 2 is 1.88 bits per heavy atom. The minimum Gasteiger partial charge on any atom is -0.493 e. The van der Waals surface area contributed by atoms with Gasteiger partial charge in [0.05, 0.1) is 26.3 Å². The molecule has 2 saturated heterocycles. The topological polar surface area (TPSA) is 128 Å². The molecule has 4 rings (SSSR count). The van der Waals surface area contributed by atoms with E-state index in [4.69, 9.17) is 34.2 Å². The molecule has 0 bridgehead atoms. The number of rotatable bonds is 5. The predicted molar refractivity (Wildman–Crippen MR) is 118 cm³/mol. The lowest BCUT2D eigenvalue weighted by Crippen LogP contribution is -2.43. The summed E-state index contributed by atoms with van der Waals surface area (Å²) < 4.78 is 18.8. The maximum Gasteiger partial charge on any atom is 0.290 e. The Bertz CT molecular complexity index is 957. The molecule has 1 aromatic carbocycles. The van der Waals surface area contributed by atoms with E-state index in [0.29, 0.717) is 17.3 Å². The number of ether oxygens (including phenoxy) is 3. The van der Waals surface area contributed by atoms with Crippen molar-refractivity contribution in [3.63, 3.8) is 0 Å². The molecule has 2 fully saturated rings. The number of carbonyl (C=O) groups excluding carboxylic acids is 1. The highest BCUT2D eigenvalue weighted by Crippen LogP contribution is 2.39. The quantitative estimate of drug-likeness (QED) is 0.637. The monoisotopic (exact) mass is 461 g/mol. The van der Waals surface area contributed by atoms with Crippen molar-refractivity contribution in [1.29, 1.82) is 0 Å². The largest absolute Gasteiger partial charge is 0.493 e. The van der Waals surface area contributed by atoms with E-state index >= 15 is 0 Å². The highest BCUT2D eigenvalue weighted by molar-refractivity contribution is 5.78. The minimum atomic E-state index is -0.443. The molecule has 0 unspecified atom stereocenters. The summed E-state index contributed by atoms with van der Waals surface area (Å²) in [6, 6.07) is 5.48. The number of hydrogen-bond acceptors (Lipinski definition) is 8. The minimum absolute atomic E-state index is 0.00618. The van der Waals surface area contributed by atoms with E-state index in [9.17, 15) is 4.79 Å². The number of nitrogens with zero attached hydrogens (tertiary/aromatic N) is 4. The van der Waals surface area contributed by atoms with Crippen molar-refractivity contribution in [2.75, 3.05) is 41.0 Å². The van der Waals surface area contributed by atoms with E-state index in [-0.39, 0.29) is 25.0 Å². The second kappa shape index (κ2) is 11.1. The summed E-state index contributed by atoms with van der Waals surface area (Å²) in [5.74, 6) is 2.53. The summed E-state index contributed by atoms with van der Waals surface area (Å²) in [5.41, 5.74) is 0.862. The average molecular weight is 462 g/mol. The van der Waals surface area contributed by atoms with Crippen LogP contribution in [0.15, 0.2) is 18.2 Å². The van der Waals surface area contributed by atoms with Crippen LogP contribution in [0.3, 0.4) is 0 Å². The van der Waals surface area contributed by atoms with E-state index < -0.39 is 12.1 Å². The highest BCUT2D eigenvalue weighted by Gasteiger charge is 2.37. The molecule has 1 aromatic heterocycles. The number of aromatic nitrogens is 3. The lowest BCUT2D eigenvalue weighted by molar-refractivity contribution is -0.138. The summed E-state index contributed by atoms with van der Waals surface area (Å²) in [6.45, 7) is 3.67. The number of piperidine rings is 1. The van der Waals surface area contributed by atoms with Gasteiger partial charge < -0.3 is 29.5 Å². The number of carbonyl (C=O) groups is 2. The van der Waals surface area contributed by atoms with Gasteiger partial charge in [0.25, 0.3) is 6.47 Å². The van der Waals surface area contributed by atoms with Gasteiger partial charge in [-0.1, -0.05) is 6.07 Å². The van der Waals surface area contributed by atoms with Crippen LogP contribution < -0.4 is 14.8 Å². The van der Waals surface area contributed by atoms with E-state index in [1.54, 1.807) is 14.2 Å². The van der Waals surface area contributed by atoms with Crippen molar-refractivity contribution < 1.29 is 28.9 Å². The second-order valence-corrected chi connectivity index (χ2v) is 7.99. The Kier molecular flexibility index (Phi) is 8.23. The molecule has 11 heteroatoms. The zero-order valence-electron chi connectivity index (χ0n) is 19.4. The van der Waals surface area contributed by atoms with Gasteiger partial charge in [-0.2, -0.15) is 5.10 Å². The van der Waals surface area contributed by atoms with Crippen LogP contribution in [0.5, 0.6) is 11.5 Å². The highest BCUT2D eigenvalue weighted by atomic mass is 16.5. The van der Waals surface area contributed by atoms with Crippen LogP contribution in [0.4, 0.5) is 0 Å². The molecule has 2 N–H and O–H groups in total. The molecule has 2 aliphatic rings. The lowest BCUT2D eigenvalue weighted by Gasteiger charge is -2.35. The fourth-order valence-corrected chi connectivity index (χ4v) is 4.23. The van der Waals surface area contributed by atoms with Crippen LogP contribution in [0.2, 0.25) is 0 Å². The van der Waals surface area contributed by atoms with E-state index in [0.717, 1.165) is 37.3 Å². The number of likely N-dealkylation sites (tertiary alicyclic amines) is 1. The van der Waals surface area contributed by atoms with Gasteiger partial charge in [-0.05, 0) is 57.6 Å². The number of benzene rings is 1. The van der Waals surface area contributed by atoms with Crippen molar-refractivity contribution >= 4 is 12.4 Å². The Hall–Kier alpha value is -3.18. The van der Waals surface area contributed by atoms with Crippen molar-refractivity contribution in [3.8, 4) is 11.5 Å². The van der Waals surface area contributed by atoms with E-state index in [2.05, 4.69) is 17.3 Å². The molecule has 3 heterocycles. The Morgan fingerprint density at radius 1 is 1.21 bits per heavy atom. The Morgan fingerprint density at radius 3 is 2.52 bits per heavy atom. The maximum absolute atomic E-state index is 12.2. The van der Waals surface area contributed by atoms with Gasteiger partial charge in [0.15, 0.2) is 17.3 Å². The van der Waals surface area contributed by atoms with Gasteiger partial charge in [-0.25, -0.2) is 9.67 Å². The maximum atomic E-state index is 12.2. The number of morpholine rings is 1. The van der Waals surface area contributed by atoms with Gasteiger partial charge in [0, 0.05) is 0 Å². The second-order valence-electron chi connectivity index (χ2n) is 7.99. The predicted octanol–water partition coefficient (Wildman–Crippen LogP) is 1.50. The molecular formula is C22H31N5O6. The molecule has 2 atom stereocenters. The number of methoxy groups -OCH3 is 2. The Balaban J connectivity index is 0.000000968. The fraction of sp³-hybridized carbons (Fsp3) is 0.545. The van der Waals surface area contributed by atoms with E-state index in [1.165, 1.54) is 0 Å². The first-order chi connectivity index (χ1) is 15.9. The molecule has 2 aliphatic heterocycles. The van der Waals surface area contributed by atoms with Crippen LogP contribution >= 0.6 is 0 Å². The fourth-order valence-electron chi connectivity index (χ4n) is 4.23. The number of aryl methyl sites for hydroxylation is 1. The summed E-state index contributed by atoms with van der Waals surface area (Å²) in [4.78, 5) is 27.6. The summed E-state index contributed by atoms with van der Waals surface area (Å²) in [7, 11) is 5.32. The third-order valence-electron chi connectivity index (χ3n) is 5.83. The van der Waals surface area contributed by atoms with Gasteiger partial charge in [0.2, 0.25) is 5.91 Å². The normalized spacial score (nSPS) is 21.5. The molecule has 0 spiro atoms. The van der Waals surface area contributed by atoms with Gasteiger partial charge in [-0.15, -0.1) is 0 Å². The summed E-state index contributed by atoms with van der Waals surface area (Å²) in [5, 5.41) is 14.6. The van der Waals surface area contributed by atoms with Crippen LogP contribution in [-0.4, -0.2) is 78.1 Å². The first kappa shape index (κ1) is 24.5. The zero-order chi connectivity index (χ0) is 24.0. The number of nitrogens with one attached hydrogen (secondary N) is 1. The van der Waals surface area contributed by atoms with Crippen LogP contribution in [0, 0.1) is 6.92 Å². The lowest BCUT2D eigenvalue weighted by atomic mass is 9.97. The van der Waals surface area contributed by atoms with Gasteiger partial charge in [0.1, 0.15) is 18.5 Å². The number of hydrogen-bond donors (Lipinski definition) is 2. The number of amides is 1. The summed E-state index contributed by atoms with van der Waals surface area (Å²) in [6.07, 6.45) is 1.57. The molecule has 180 valence electrons. The molecule has 0 saturated carbocycles. The molecule has 0 aliphatic carbocycles. The smallest absolute Gasteiger partial charge is 0.290 e. The van der Waals surface area contributed by atoms with E-state index in [1.807, 2.05) is 29.8 Å². The van der Waals surface area contributed by atoms with Crippen LogP contribution in [0.1, 0.15) is 48.2 Å². The van der Waals surface area contributed by atoms with Gasteiger partial charge >= 0.3 is 0 Å². The van der Waals surface area contributed by atoms with Crippen molar-refractivity contribution in [1.82, 2.24) is 25.0 Å². The molecule has 2 aromatic rings. The molecule has 1 amide bonds. The standard InChI is InChI=1S/C21H29N5O4.CH2O2/c1-13-22-21(26(24-13)15-7-9-25(2)10-8-15)20-19(23-18(27)12-30-20)14-5-6-16(28-3)17(11-14)29-4;2-1-3/h5-6,11,15,19-20H,7-10,12H2,1-4H3,(H,23,27);1H,(H,2,3)/t19-,20+;/m1./s1. The zero-order valence-corrected chi connectivity index (χ0v) is 19.4.